The number of hydrogen-bond acceptors (Lipinski definition) is 4. The van der Waals surface area contributed by atoms with E-state index < -0.39 is 0 Å². The minimum atomic E-state index is -0.351. The first-order valence-electron chi connectivity index (χ1n) is 3.28. The fourth-order valence-corrected chi connectivity index (χ4v) is 0.818. The molecular weight excluding hydrogens is 180 g/mol. The maximum atomic E-state index is 10.9. The summed E-state index contributed by atoms with van der Waals surface area (Å²) >= 11 is 5.64. The summed E-state index contributed by atoms with van der Waals surface area (Å²) in [7, 11) is 3.55. The Kier molecular flexibility index (Phi) is 2.67. The van der Waals surface area contributed by atoms with Crippen molar-refractivity contribution in [2.75, 3.05) is 19.5 Å². The zero-order valence-electron chi connectivity index (χ0n) is 6.76. The highest BCUT2D eigenvalue weighted by Gasteiger charge is 2.04. The number of aromatic amines is 1. The summed E-state index contributed by atoms with van der Waals surface area (Å²) in [6.45, 7) is 0. The van der Waals surface area contributed by atoms with Crippen molar-refractivity contribution in [1.82, 2.24) is 15.0 Å². The number of hydrazine groups is 1. The predicted octanol–water partition coefficient (Wildman–Crippen LogP) is 0.312. The molecule has 0 radical (unpaired) electrons. The lowest BCUT2D eigenvalue weighted by atomic mass is 10.6. The molecule has 0 saturated carbocycles. The van der Waals surface area contributed by atoms with Gasteiger partial charge in [-0.2, -0.15) is 0 Å². The molecular formula is C6H9ClN4O. The summed E-state index contributed by atoms with van der Waals surface area (Å²) in [6, 6.07) is 0. The van der Waals surface area contributed by atoms with Crippen molar-refractivity contribution < 1.29 is 0 Å². The van der Waals surface area contributed by atoms with E-state index in [2.05, 4.69) is 15.4 Å². The van der Waals surface area contributed by atoms with Gasteiger partial charge >= 0.3 is 0 Å². The van der Waals surface area contributed by atoms with Gasteiger partial charge in [-0.15, -0.1) is 0 Å². The molecule has 0 saturated heterocycles. The summed E-state index contributed by atoms with van der Waals surface area (Å²) in [5.74, 6) is 0.352. The van der Waals surface area contributed by atoms with E-state index >= 15 is 0 Å². The Morgan fingerprint density at radius 3 is 2.92 bits per heavy atom. The van der Waals surface area contributed by atoms with E-state index in [0.29, 0.717) is 5.82 Å². The van der Waals surface area contributed by atoms with E-state index in [0.717, 1.165) is 0 Å². The van der Waals surface area contributed by atoms with Crippen molar-refractivity contribution >= 4 is 17.4 Å². The van der Waals surface area contributed by atoms with Crippen molar-refractivity contribution in [1.29, 1.82) is 0 Å². The molecule has 6 heteroatoms. The fourth-order valence-electron chi connectivity index (χ4n) is 0.673. The van der Waals surface area contributed by atoms with Crippen LogP contribution in [-0.4, -0.2) is 29.1 Å². The van der Waals surface area contributed by atoms with Crippen LogP contribution in [0.4, 0.5) is 5.82 Å². The summed E-state index contributed by atoms with van der Waals surface area (Å²) in [5.41, 5.74) is 2.43. The van der Waals surface area contributed by atoms with Crippen LogP contribution in [0.2, 0.25) is 5.02 Å². The molecule has 66 valence electrons. The molecule has 0 amide bonds. The van der Waals surface area contributed by atoms with Crippen LogP contribution in [0, 0.1) is 0 Å². The second kappa shape index (κ2) is 3.55. The van der Waals surface area contributed by atoms with E-state index in [1.54, 1.807) is 19.1 Å². The largest absolute Gasteiger partial charge is 0.312 e. The number of nitrogens with one attached hydrogen (secondary N) is 2. The van der Waals surface area contributed by atoms with Crippen LogP contribution in [0.15, 0.2) is 11.1 Å². The van der Waals surface area contributed by atoms with Crippen molar-refractivity contribution in [3.63, 3.8) is 0 Å². The summed E-state index contributed by atoms with van der Waals surface area (Å²) < 4.78 is 0. The fraction of sp³-hybridized carbons (Fsp3) is 0.333. The van der Waals surface area contributed by atoms with Crippen molar-refractivity contribution in [2.24, 2.45) is 0 Å². The molecule has 0 bridgehead atoms. The van der Waals surface area contributed by atoms with Gasteiger partial charge in [-0.25, -0.2) is 9.99 Å². The van der Waals surface area contributed by atoms with Crippen LogP contribution in [0.3, 0.4) is 0 Å². The van der Waals surface area contributed by atoms with Crippen molar-refractivity contribution in [3.05, 3.63) is 21.7 Å². The molecule has 12 heavy (non-hydrogen) atoms. The molecule has 1 aromatic heterocycles. The topological polar surface area (TPSA) is 61.0 Å². The van der Waals surface area contributed by atoms with E-state index in [1.807, 2.05) is 0 Å². The van der Waals surface area contributed by atoms with Gasteiger partial charge in [0.2, 0.25) is 0 Å². The van der Waals surface area contributed by atoms with Gasteiger partial charge in [0, 0.05) is 14.1 Å². The molecule has 0 fully saturated rings. The van der Waals surface area contributed by atoms with Crippen LogP contribution in [0.25, 0.3) is 0 Å². The minimum Gasteiger partial charge on any atom is -0.312 e. The smallest absolute Gasteiger partial charge is 0.271 e. The molecule has 2 N–H and O–H groups in total. The third kappa shape index (κ3) is 1.96. The molecule has 0 aromatic carbocycles. The van der Waals surface area contributed by atoms with Crippen LogP contribution in [-0.2, 0) is 0 Å². The number of aromatic nitrogens is 2. The lowest BCUT2D eigenvalue weighted by Crippen LogP contribution is -2.22. The standard InChI is InChI=1S/C6H9ClN4O/c1-11(2)10-5-4(7)6(12)9-3-8-5/h3H,1-2H3,(H2,8,9,10,12). The average Bonchev–Trinajstić information content (AvgIpc) is 1.98. The number of nitrogens with zero attached hydrogens (tertiary/aromatic N) is 2. The Morgan fingerprint density at radius 2 is 2.33 bits per heavy atom. The van der Waals surface area contributed by atoms with Gasteiger partial charge in [-0.3, -0.25) is 4.79 Å². The number of halogens is 1. The summed E-state index contributed by atoms with van der Waals surface area (Å²) in [6.07, 6.45) is 1.29. The van der Waals surface area contributed by atoms with E-state index in [9.17, 15) is 4.79 Å². The zero-order valence-corrected chi connectivity index (χ0v) is 7.51. The maximum absolute atomic E-state index is 10.9. The van der Waals surface area contributed by atoms with Crippen LogP contribution in [0.5, 0.6) is 0 Å². The van der Waals surface area contributed by atoms with Gasteiger partial charge < -0.3 is 10.4 Å². The van der Waals surface area contributed by atoms with Crippen LogP contribution in [0.1, 0.15) is 0 Å². The number of anilines is 1. The first-order valence-corrected chi connectivity index (χ1v) is 3.66. The van der Waals surface area contributed by atoms with Crippen LogP contribution < -0.4 is 11.0 Å². The first kappa shape index (κ1) is 9.02. The molecule has 1 rings (SSSR count). The van der Waals surface area contributed by atoms with Gasteiger partial charge in [0.15, 0.2) is 5.82 Å². The quantitative estimate of drug-likeness (QED) is 0.656. The number of rotatable bonds is 2. The van der Waals surface area contributed by atoms with Gasteiger partial charge in [0.1, 0.15) is 5.02 Å². The Bertz CT molecular complexity index is 322. The molecule has 0 aliphatic carbocycles. The summed E-state index contributed by atoms with van der Waals surface area (Å²) in [5, 5.41) is 1.71. The number of hydrogen-bond donors (Lipinski definition) is 2. The highest BCUT2D eigenvalue weighted by molar-refractivity contribution is 6.32. The van der Waals surface area contributed by atoms with Crippen molar-refractivity contribution in [2.45, 2.75) is 0 Å². The van der Waals surface area contributed by atoms with E-state index in [4.69, 9.17) is 11.6 Å². The van der Waals surface area contributed by atoms with Gasteiger partial charge in [0.05, 0.1) is 6.33 Å². The molecule has 0 atom stereocenters. The second-order valence-corrected chi connectivity index (χ2v) is 2.78. The van der Waals surface area contributed by atoms with E-state index in [-0.39, 0.29) is 10.6 Å². The Morgan fingerprint density at radius 1 is 1.67 bits per heavy atom. The molecule has 0 unspecified atom stereocenters. The molecule has 0 spiro atoms. The monoisotopic (exact) mass is 188 g/mol. The van der Waals surface area contributed by atoms with Gasteiger partial charge in [-0.1, -0.05) is 11.6 Å². The highest BCUT2D eigenvalue weighted by Crippen LogP contribution is 2.11. The number of H-pyrrole nitrogens is 1. The van der Waals surface area contributed by atoms with Gasteiger partial charge in [-0.05, 0) is 0 Å². The molecule has 0 aliphatic rings. The van der Waals surface area contributed by atoms with E-state index in [1.165, 1.54) is 6.33 Å². The maximum Gasteiger partial charge on any atom is 0.271 e. The molecule has 5 nitrogen and oxygen atoms in total. The third-order valence-corrected chi connectivity index (χ3v) is 1.48. The minimum absolute atomic E-state index is 0.0613. The average molecular weight is 189 g/mol. The lowest BCUT2D eigenvalue weighted by molar-refractivity contribution is 0.492. The Hall–Kier alpha value is -1.07. The second-order valence-electron chi connectivity index (χ2n) is 2.40. The van der Waals surface area contributed by atoms with Crippen molar-refractivity contribution in [3.8, 4) is 0 Å². The van der Waals surface area contributed by atoms with Crippen LogP contribution >= 0.6 is 11.6 Å². The molecule has 0 aliphatic heterocycles. The Balaban J connectivity index is 3.00. The summed E-state index contributed by atoms with van der Waals surface area (Å²) in [4.78, 5) is 17.1. The zero-order chi connectivity index (χ0) is 9.14. The molecule has 1 heterocycles. The Labute approximate surface area is 74.3 Å². The third-order valence-electron chi connectivity index (χ3n) is 1.13. The molecule has 1 aromatic rings. The lowest BCUT2D eigenvalue weighted by Gasteiger charge is -2.12. The van der Waals surface area contributed by atoms with Gasteiger partial charge in [0.25, 0.3) is 5.56 Å². The first-order chi connectivity index (χ1) is 5.61. The normalized spacial score (nSPS) is 10.3. The predicted molar refractivity (Wildman–Crippen MR) is 47.2 cm³/mol. The highest BCUT2D eigenvalue weighted by atomic mass is 35.5. The SMILES string of the molecule is CN(C)Nc1nc[nH]c(=O)c1Cl.